The summed E-state index contributed by atoms with van der Waals surface area (Å²) in [6.45, 7) is 2.28. The van der Waals surface area contributed by atoms with Crippen LogP contribution in [0.1, 0.15) is 43.0 Å². The molecule has 0 saturated heterocycles. The highest BCUT2D eigenvalue weighted by molar-refractivity contribution is 5.95. The molecule has 0 bridgehead atoms. The van der Waals surface area contributed by atoms with E-state index in [1.807, 2.05) is 24.3 Å². The van der Waals surface area contributed by atoms with Crippen LogP contribution in [0.5, 0.6) is 0 Å². The molecule has 1 aliphatic carbocycles. The summed E-state index contributed by atoms with van der Waals surface area (Å²) in [5, 5.41) is 3.51. The molecule has 2 rings (SSSR count). The molecule has 1 aromatic rings. The van der Waals surface area contributed by atoms with Crippen LogP contribution in [-0.2, 0) is 4.74 Å². The van der Waals surface area contributed by atoms with Gasteiger partial charge in [-0.05, 0) is 30.9 Å². The van der Waals surface area contributed by atoms with E-state index < -0.39 is 0 Å². The number of anilines is 1. The van der Waals surface area contributed by atoms with Crippen LogP contribution in [0.2, 0.25) is 0 Å². The zero-order valence-corrected chi connectivity index (χ0v) is 11.1. The zero-order valence-electron chi connectivity index (χ0n) is 11.1. The molecule has 0 amide bonds. The minimum Gasteiger partial charge on any atom is -0.465 e. The first kappa shape index (κ1) is 12.9. The Morgan fingerprint density at radius 3 is 2.72 bits per heavy atom. The van der Waals surface area contributed by atoms with Crippen molar-refractivity contribution in [3.8, 4) is 0 Å². The molecule has 1 N–H and O–H groups in total. The third-order valence-corrected chi connectivity index (χ3v) is 3.78. The summed E-state index contributed by atoms with van der Waals surface area (Å²) in [6, 6.07) is 8.03. The van der Waals surface area contributed by atoms with Crippen LogP contribution in [-0.4, -0.2) is 19.1 Å². The number of methoxy groups -OCH3 is 1. The van der Waals surface area contributed by atoms with Gasteiger partial charge < -0.3 is 10.1 Å². The lowest BCUT2D eigenvalue weighted by Gasteiger charge is -2.30. The van der Waals surface area contributed by atoms with Gasteiger partial charge in [-0.15, -0.1) is 0 Å². The monoisotopic (exact) mass is 247 g/mol. The van der Waals surface area contributed by atoms with Crippen LogP contribution in [0, 0.1) is 5.92 Å². The summed E-state index contributed by atoms with van der Waals surface area (Å²) in [6.07, 6.45) is 5.02. The summed E-state index contributed by atoms with van der Waals surface area (Å²) in [7, 11) is 1.42. The van der Waals surface area contributed by atoms with E-state index in [1.54, 1.807) is 0 Å². The predicted molar refractivity (Wildman–Crippen MR) is 72.8 cm³/mol. The van der Waals surface area contributed by atoms with Crippen LogP contribution in [0.15, 0.2) is 24.3 Å². The Bertz CT molecular complexity index is 417. The lowest BCUT2D eigenvalue weighted by molar-refractivity contribution is 0.0601. The number of nitrogens with one attached hydrogen (secondary N) is 1. The van der Waals surface area contributed by atoms with Gasteiger partial charge in [-0.1, -0.05) is 31.9 Å². The largest absolute Gasteiger partial charge is 0.465 e. The average molecular weight is 247 g/mol. The van der Waals surface area contributed by atoms with Gasteiger partial charge >= 0.3 is 5.97 Å². The fourth-order valence-corrected chi connectivity index (χ4v) is 2.63. The van der Waals surface area contributed by atoms with E-state index in [1.165, 1.54) is 32.8 Å². The summed E-state index contributed by atoms with van der Waals surface area (Å²) < 4.78 is 4.81. The standard InChI is InChI=1S/C15H21NO2/c1-11-7-3-5-9-13(11)16-14-10-6-4-8-12(14)15(17)18-2/h4,6,8,10-11,13,16H,3,5,7,9H2,1-2H3. The first-order valence-electron chi connectivity index (χ1n) is 6.66. The van der Waals surface area contributed by atoms with Gasteiger partial charge in [0.2, 0.25) is 0 Å². The average Bonchev–Trinajstić information content (AvgIpc) is 2.41. The molecule has 98 valence electrons. The van der Waals surface area contributed by atoms with Gasteiger partial charge in [-0.25, -0.2) is 4.79 Å². The molecule has 3 nitrogen and oxygen atoms in total. The number of carbonyl (C=O) groups excluding carboxylic acids is 1. The molecule has 0 aliphatic heterocycles. The third kappa shape index (κ3) is 2.84. The number of hydrogen-bond donors (Lipinski definition) is 1. The van der Waals surface area contributed by atoms with Gasteiger partial charge in [0.05, 0.1) is 12.7 Å². The van der Waals surface area contributed by atoms with E-state index in [2.05, 4.69) is 12.2 Å². The lowest BCUT2D eigenvalue weighted by Crippen LogP contribution is -2.31. The molecule has 2 unspecified atom stereocenters. The molecule has 2 atom stereocenters. The predicted octanol–water partition coefficient (Wildman–Crippen LogP) is 3.46. The van der Waals surface area contributed by atoms with E-state index in [9.17, 15) is 4.79 Å². The lowest BCUT2D eigenvalue weighted by atomic mass is 9.85. The van der Waals surface area contributed by atoms with Gasteiger partial charge in [0, 0.05) is 11.7 Å². The molecule has 1 aliphatic rings. The first-order valence-corrected chi connectivity index (χ1v) is 6.66. The number of esters is 1. The molecule has 18 heavy (non-hydrogen) atoms. The van der Waals surface area contributed by atoms with Crippen molar-refractivity contribution in [2.75, 3.05) is 12.4 Å². The normalized spacial score (nSPS) is 23.4. The molecule has 0 heterocycles. The summed E-state index contributed by atoms with van der Waals surface area (Å²) in [5.41, 5.74) is 1.51. The zero-order chi connectivity index (χ0) is 13.0. The van der Waals surface area contributed by atoms with Gasteiger partial charge in [0.1, 0.15) is 0 Å². The highest BCUT2D eigenvalue weighted by atomic mass is 16.5. The smallest absolute Gasteiger partial charge is 0.339 e. The fraction of sp³-hybridized carbons (Fsp3) is 0.533. The molecule has 0 spiro atoms. The second-order valence-corrected chi connectivity index (χ2v) is 5.05. The van der Waals surface area contributed by atoms with E-state index in [0.29, 0.717) is 17.5 Å². The third-order valence-electron chi connectivity index (χ3n) is 3.78. The van der Waals surface area contributed by atoms with Crippen molar-refractivity contribution in [3.05, 3.63) is 29.8 Å². The van der Waals surface area contributed by atoms with Crippen LogP contribution >= 0.6 is 0 Å². The Balaban J connectivity index is 2.15. The van der Waals surface area contributed by atoms with Crippen LogP contribution < -0.4 is 5.32 Å². The van der Waals surface area contributed by atoms with Crippen molar-refractivity contribution < 1.29 is 9.53 Å². The van der Waals surface area contributed by atoms with Crippen molar-refractivity contribution in [2.45, 2.75) is 38.6 Å². The highest BCUT2D eigenvalue weighted by Crippen LogP contribution is 2.28. The Labute approximate surface area is 109 Å². The summed E-state index contributed by atoms with van der Waals surface area (Å²) >= 11 is 0. The first-order chi connectivity index (χ1) is 8.72. The van der Waals surface area contributed by atoms with Crippen molar-refractivity contribution in [3.63, 3.8) is 0 Å². The van der Waals surface area contributed by atoms with E-state index in [-0.39, 0.29) is 5.97 Å². The Hall–Kier alpha value is -1.51. The molecular formula is C15H21NO2. The van der Waals surface area contributed by atoms with Crippen molar-refractivity contribution in [2.24, 2.45) is 5.92 Å². The van der Waals surface area contributed by atoms with E-state index >= 15 is 0 Å². The quantitative estimate of drug-likeness (QED) is 0.831. The van der Waals surface area contributed by atoms with Gasteiger partial charge in [0.15, 0.2) is 0 Å². The van der Waals surface area contributed by atoms with Crippen molar-refractivity contribution in [1.82, 2.24) is 0 Å². The van der Waals surface area contributed by atoms with Gasteiger partial charge in [-0.3, -0.25) is 0 Å². The number of ether oxygens (including phenoxy) is 1. The van der Waals surface area contributed by atoms with Crippen molar-refractivity contribution >= 4 is 11.7 Å². The van der Waals surface area contributed by atoms with E-state index in [0.717, 1.165) is 5.69 Å². The fourth-order valence-electron chi connectivity index (χ4n) is 2.63. The second-order valence-electron chi connectivity index (χ2n) is 5.05. The molecule has 3 heteroatoms. The minimum absolute atomic E-state index is 0.276. The van der Waals surface area contributed by atoms with Crippen LogP contribution in [0.4, 0.5) is 5.69 Å². The molecule has 0 radical (unpaired) electrons. The Kier molecular flexibility index (Phi) is 4.24. The SMILES string of the molecule is COC(=O)c1ccccc1NC1CCCCC1C. The Morgan fingerprint density at radius 2 is 2.00 bits per heavy atom. The Morgan fingerprint density at radius 1 is 1.28 bits per heavy atom. The van der Waals surface area contributed by atoms with Crippen molar-refractivity contribution in [1.29, 1.82) is 0 Å². The number of carbonyl (C=O) groups is 1. The molecule has 0 aromatic heterocycles. The van der Waals surface area contributed by atoms with Crippen LogP contribution in [0.3, 0.4) is 0 Å². The summed E-state index contributed by atoms with van der Waals surface area (Å²) in [5.74, 6) is 0.381. The summed E-state index contributed by atoms with van der Waals surface area (Å²) in [4.78, 5) is 11.7. The molecule has 1 fully saturated rings. The molecular weight excluding hydrogens is 226 g/mol. The number of para-hydroxylation sites is 1. The maximum Gasteiger partial charge on any atom is 0.339 e. The molecule has 1 saturated carbocycles. The topological polar surface area (TPSA) is 38.3 Å². The minimum atomic E-state index is -0.276. The second kappa shape index (κ2) is 5.89. The number of hydrogen-bond acceptors (Lipinski definition) is 3. The maximum absolute atomic E-state index is 11.7. The molecule has 1 aromatic carbocycles. The van der Waals surface area contributed by atoms with Crippen LogP contribution in [0.25, 0.3) is 0 Å². The number of benzene rings is 1. The maximum atomic E-state index is 11.7. The van der Waals surface area contributed by atoms with E-state index in [4.69, 9.17) is 4.74 Å². The van der Waals surface area contributed by atoms with Gasteiger partial charge in [0.25, 0.3) is 0 Å². The number of rotatable bonds is 3. The van der Waals surface area contributed by atoms with Gasteiger partial charge in [-0.2, -0.15) is 0 Å². The highest BCUT2D eigenvalue weighted by Gasteiger charge is 2.22.